The summed E-state index contributed by atoms with van der Waals surface area (Å²) in [6.45, 7) is 10.6. The van der Waals surface area contributed by atoms with Crippen molar-refractivity contribution in [1.29, 1.82) is 0 Å². The number of hydrogen-bond acceptors (Lipinski definition) is 6. The summed E-state index contributed by atoms with van der Waals surface area (Å²) in [5.41, 5.74) is 3.68. The molecule has 1 spiro atoms. The van der Waals surface area contributed by atoms with Gasteiger partial charge in [-0.3, -0.25) is 19.2 Å². The fourth-order valence-electron chi connectivity index (χ4n) is 5.44. The number of aromatic nitrogens is 2. The zero-order chi connectivity index (χ0) is 27.0. The Kier molecular flexibility index (Phi) is 7.66. The van der Waals surface area contributed by atoms with Crippen LogP contribution in [0, 0.1) is 13.8 Å². The third-order valence-electron chi connectivity index (χ3n) is 7.58. The number of aryl methyl sites for hydroxylation is 1. The van der Waals surface area contributed by atoms with Gasteiger partial charge in [0.15, 0.2) is 0 Å². The molecule has 0 saturated carbocycles. The molecule has 4 rings (SSSR count). The molecule has 1 aromatic carbocycles. The van der Waals surface area contributed by atoms with Crippen LogP contribution in [0.4, 0.5) is 5.69 Å². The van der Waals surface area contributed by atoms with Crippen molar-refractivity contribution >= 4 is 27.5 Å². The van der Waals surface area contributed by atoms with Crippen LogP contribution >= 0.6 is 0 Å². The van der Waals surface area contributed by atoms with Crippen LogP contribution in [-0.2, 0) is 26.2 Å². The van der Waals surface area contributed by atoms with Crippen LogP contribution in [-0.4, -0.2) is 77.3 Å². The second-order valence-corrected chi connectivity index (χ2v) is 12.1. The van der Waals surface area contributed by atoms with E-state index in [-0.39, 0.29) is 11.8 Å². The van der Waals surface area contributed by atoms with Crippen LogP contribution in [0.3, 0.4) is 0 Å². The Morgan fingerprint density at radius 3 is 2.38 bits per heavy atom. The molecule has 0 unspecified atom stereocenters. The number of piperidine rings is 1. The number of nitrogens with one attached hydrogen (secondary N) is 2. The first-order chi connectivity index (χ1) is 17.4. The van der Waals surface area contributed by atoms with E-state index in [9.17, 15) is 18.0 Å². The molecule has 2 aliphatic rings. The predicted molar refractivity (Wildman–Crippen MR) is 143 cm³/mol. The minimum absolute atomic E-state index is 0.0206. The Morgan fingerprint density at radius 2 is 1.78 bits per heavy atom. The van der Waals surface area contributed by atoms with E-state index in [1.807, 2.05) is 35.6 Å². The number of rotatable bonds is 8. The number of benzene rings is 1. The smallest absolute Gasteiger partial charge is 0.246 e. The molecule has 2 aliphatic heterocycles. The first-order valence-corrected chi connectivity index (χ1v) is 14.8. The van der Waals surface area contributed by atoms with Crippen LogP contribution in [0.15, 0.2) is 24.3 Å². The number of sulfonamides is 1. The third-order valence-corrected chi connectivity index (χ3v) is 8.19. The van der Waals surface area contributed by atoms with E-state index in [2.05, 4.69) is 21.9 Å². The van der Waals surface area contributed by atoms with Crippen molar-refractivity contribution in [3.05, 3.63) is 41.2 Å². The molecule has 2 fully saturated rings. The maximum Gasteiger partial charge on any atom is 0.246 e. The van der Waals surface area contributed by atoms with E-state index in [1.54, 1.807) is 19.1 Å². The Balaban J connectivity index is 1.48. The average molecular weight is 531 g/mol. The van der Waals surface area contributed by atoms with Crippen molar-refractivity contribution in [2.24, 2.45) is 0 Å². The highest BCUT2D eigenvalue weighted by molar-refractivity contribution is 7.92. The van der Waals surface area contributed by atoms with Crippen LogP contribution in [0.1, 0.15) is 56.5 Å². The number of unbranched alkanes of at least 4 members (excludes halogenated alkanes) is 1. The highest BCUT2D eigenvalue weighted by Gasteiger charge is 2.52. The number of piperazine rings is 1. The summed E-state index contributed by atoms with van der Waals surface area (Å²) in [6.07, 6.45) is 4.21. The first-order valence-electron chi connectivity index (χ1n) is 12.9. The van der Waals surface area contributed by atoms with Gasteiger partial charge in [0, 0.05) is 43.1 Å². The summed E-state index contributed by atoms with van der Waals surface area (Å²) in [7, 11) is -3.33. The van der Waals surface area contributed by atoms with Crippen molar-refractivity contribution in [2.75, 3.05) is 30.6 Å². The third kappa shape index (κ3) is 5.52. The molecule has 2 saturated heterocycles. The maximum absolute atomic E-state index is 13.2. The lowest BCUT2D eigenvalue weighted by Crippen LogP contribution is -2.72. The minimum Gasteiger partial charge on any atom is -0.343 e. The van der Waals surface area contributed by atoms with Gasteiger partial charge in [-0.2, -0.15) is 5.10 Å². The van der Waals surface area contributed by atoms with Gasteiger partial charge in [-0.05, 0) is 64.3 Å². The van der Waals surface area contributed by atoms with Gasteiger partial charge in [-0.1, -0.05) is 13.3 Å². The lowest BCUT2D eigenvalue weighted by molar-refractivity contribution is -0.160. The van der Waals surface area contributed by atoms with Gasteiger partial charge in [0.2, 0.25) is 21.8 Å². The first kappa shape index (κ1) is 27.1. The molecule has 0 aliphatic carbocycles. The van der Waals surface area contributed by atoms with Crippen molar-refractivity contribution in [3.63, 3.8) is 0 Å². The van der Waals surface area contributed by atoms with Crippen LogP contribution in [0.25, 0.3) is 5.69 Å². The van der Waals surface area contributed by atoms with Gasteiger partial charge >= 0.3 is 0 Å². The van der Waals surface area contributed by atoms with E-state index < -0.39 is 21.6 Å². The normalized spacial score (nSPS) is 20.4. The average Bonchev–Trinajstić information content (AvgIpc) is 3.12. The number of amides is 2. The van der Waals surface area contributed by atoms with Crippen LogP contribution < -0.4 is 10.0 Å². The van der Waals surface area contributed by atoms with Gasteiger partial charge < -0.3 is 10.2 Å². The molecule has 11 heteroatoms. The second kappa shape index (κ2) is 10.4. The zero-order valence-corrected chi connectivity index (χ0v) is 23.2. The summed E-state index contributed by atoms with van der Waals surface area (Å²) in [5, 5.41) is 7.66. The van der Waals surface area contributed by atoms with Crippen molar-refractivity contribution in [2.45, 2.75) is 71.5 Å². The van der Waals surface area contributed by atoms with Crippen LogP contribution in [0.2, 0.25) is 0 Å². The van der Waals surface area contributed by atoms with Gasteiger partial charge in [0.25, 0.3) is 0 Å². The summed E-state index contributed by atoms with van der Waals surface area (Å²) in [4.78, 5) is 30.3. The number of nitrogens with zero attached hydrogens (tertiary/aromatic N) is 4. The van der Waals surface area contributed by atoms with E-state index in [0.29, 0.717) is 44.7 Å². The second-order valence-electron chi connectivity index (χ2n) is 10.3. The maximum atomic E-state index is 13.2. The SMILES string of the molecule is CCCCN1C(=O)[C@H](C)NC(=O)C12CCN(Cc1c(C)nn(-c3ccc(NS(C)(=O)=O)cc3)c1C)CC2. The molecule has 0 radical (unpaired) electrons. The fourth-order valence-corrected chi connectivity index (χ4v) is 6.01. The van der Waals surface area contributed by atoms with Gasteiger partial charge in [-0.15, -0.1) is 0 Å². The summed E-state index contributed by atoms with van der Waals surface area (Å²) >= 11 is 0. The quantitative estimate of drug-likeness (QED) is 0.541. The standard InChI is InChI=1S/C26H38N6O4S/c1-6-7-14-31-24(33)19(3)27-25(34)26(31)12-15-30(16-13-26)17-23-18(2)28-32(20(23)4)22-10-8-21(9-11-22)29-37(5,35)36/h8-11,19,29H,6-7,12-17H2,1-5H3,(H,27,34)/t19-/m0/s1. The number of anilines is 1. The van der Waals surface area contributed by atoms with Crippen molar-refractivity contribution < 1.29 is 18.0 Å². The van der Waals surface area contributed by atoms with Gasteiger partial charge in [0.1, 0.15) is 11.6 Å². The van der Waals surface area contributed by atoms with Gasteiger partial charge in [-0.25, -0.2) is 13.1 Å². The summed E-state index contributed by atoms with van der Waals surface area (Å²) in [6, 6.07) is 6.65. The number of carbonyl (C=O) groups excluding carboxylic acids is 2. The van der Waals surface area contributed by atoms with Crippen LogP contribution in [0.5, 0.6) is 0 Å². The number of hydrogen-bond donors (Lipinski definition) is 2. The summed E-state index contributed by atoms with van der Waals surface area (Å²) in [5.74, 6) is -0.00318. The van der Waals surface area contributed by atoms with E-state index in [4.69, 9.17) is 5.10 Å². The molecule has 10 nitrogen and oxygen atoms in total. The lowest BCUT2D eigenvalue weighted by atomic mass is 9.81. The Labute approximate surface area is 219 Å². The molecule has 202 valence electrons. The largest absolute Gasteiger partial charge is 0.343 e. The highest BCUT2D eigenvalue weighted by Crippen LogP contribution is 2.34. The number of carbonyl (C=O) groups is 2. The Hall–Kier alpha value is -2.92. The molecule has 1 atom stereocenters. The molecule has 2 aromatic rings. The van der Waals surface area contributed by atoms with Crippen molar-refractivity contribution in [1.82, 2.24) is 24.9 Å². The minimum atomic E-state index is -3.33. The monoisotopic (exact) mass is 530 g/mol. The van der Waals surface area contributed by atoms with Crippen molar-refractivity contribution in [3.8, 4) is 5.69 Å². The molecule has 3 heterocycles. The molecule has 2 N–H and O–H groups in total. The molecule has 1 aromatic heterocycles. The zero-order valence-electron chi connectivity index (χ0n) is 22.4. The Bertz CT molecular complexity index is 1260. The highest BCUT2D eigenvalue weighted by atomic mass is 32.2. The molecule has 2 amide bonds. The van der Waals surface area contributed by atoms with Gasteiger partial charge in [0.05, 0.1) is 17.6 Å². The van der Waals surface area contributed by atoms with E-state index in [1.165, 1.54) is 0 Å². The summed E-state index contributed by atoms with van der Waals surface area (Å²) < 4.78 is 27.3. The molecular weight excluding hydrogens is 492 g/mol. The molecule has 0 bridgehead atoms. The Morgan fingerprint density at radius 1 is 1.14 bits per heavy atom. The fraction of sp³-hybridized carbons (Fsp3) is 0.577. The van der Waals surface area contributed by atoms with E-state index >= 15 is 0 Å². The lowest BCUT2D eigenvalue weighted by Gasteiger charge is -2.51. The number of likely N-dealkylation sites (tertiary alicyclic amines) is 1. The topological polar surface area (TPSA) is 117 Å². The predicted octanol–water partition coefficient (Wildman–Crippen LogP) is 2.34. The molecule has 37 heavy (non-hydrogen) atoms. The van der Waals surface area contributed by atoms with E-state index in [0.717, 1.165) is 41.7 Å². The molecular formula is C26H38N6O4S.